The van der Waals surface area contributed by atoms with E-state index in [-0.39, 0.29) is 42.7 Å². The minimum Gasteiger partial charge on any atom is -0.354 e. The first kappa shape index (κ1) is 17.3. The lowest BCUT2D eigenvalue weighted by Crippen LogP contribution is -2.45. The maximum atomic E-state index is 12.2. The number of aromatic nitrogens is 2. The van der Waals surface area contributed by atoms with Gasteiger partial charge in [-0.3, -0.25) is 4.79 Å². The molecule has 2 saturated carbocycles. The summed E-state index contributed by atoms with van der Waals surface area (Å²) in [5.41, 5.74) is 6.16. The summed E-state index contributed by atoms with van der Waals surface area (Å²) in [7, 11) is 0. The van der Waals surface area contributed by atoms with E-state index in [4.69, 9.17) is 5.73 Å². The predicted octanol–water partition coefficient (Wildman–Crippen LogP) is 1.22. The van der Waals surface area contributed by atoms with Crippen molar-refractivity contribution in [3.63, 3.8) is 0 Å². The summed E-state index contributed by atoms with van der Waals surface area (Å²) in [4.78, 5) is 16.1. The second-order valence-electron chi connectivity index (χ2n) is 5.53. The monoisotopic (exact) mass is 320 g/mol. The second kappa shape index (κ2) is 7.29. The van der Waals surface area contributed by atoms with Crippen molar-refractivity contribution < 1.29 is 4.79 Å². The third-order valence-corrected chi connectivity index (χ3v) is 4.51. The van der Waals surface area contributed by atoms with E-state index < -0.39 is 0 Å². The SMILES string of the molecule is Cl.Cl.NC1C2CCC(C2)C1C(=O)NCCn1ccnc1. The van der Waals surface area contributed by atoms with Gasteiger partial charge in [0.1, 0.15) is 0 Å². The molecule has 2 aliphatic rings. The highest BCUT2D eigenvalue weighted by molar-refractivity contribution is 5.85. The molecular formula is C13H22Cl2N4O. The van der Waals surface area contributed by atoms with Crippen LogP contribution in [0.3, 0.4) is 0 Å². The number of fused-ring (bicyclic) bond motifs is 2. The third-order valence-electron chi connectivity index (χ3n) is 4.51. The van der Waals surface area contributed by atoms with E-state index in [1.165, 1.54) is 12.8 Å². The molecule has 1 aromatic rings. The van der Waals surface area contributed by atoms with Crippen LogP contribution in [-0.4, -0.2) is 28.0 Å². The van der Waals surface area contributed by atoms with Crippen LogP contribution in [0.25, 0.3) is 0 Å². The fraction of sp³-hybridized carbons (Fsp3) is 0.692. The number of hydrogen-bond acceptors (Lipinski definition) is 3. The van der Waals surface area contributed by atoms with Crippen LogP contribution in [0.4, 0.5) is 0 Å². The van der Waals surface area contributed by atoms with Crippen molar-refractivity contribution in [2.24, 2.45) is 23.5 Å². The highest BCUT2D eigenvalue weighted by Gasteiger charge is 2.48. The summed E-state index contributed by atoms with van der Waals surface area (Å²) < 4.78 is 1.96. The molecule has 0 spiro atoms. The van der Waals surface area contributed by atoms with Crippen molar-refractivity contribution in [3.8, 4) is 0 Å². The van der Waals surface area contributed by atoms with Crippen molar-refractivity contribution in [1.82, 2.24) is 14.9 Å². The topological polar surface area (TPSA) is 72.9 Å². The number of nitrogens with two attached hydrogens (primary N) is 1. The van der Waals surface area contributed by atoms with E-state index >= 15 is 0 Å². The first-order valence-electron chi connectivity index (χ1n) is 6.75. The van der Waals surface area contributed by atoms with Crippen LogP contribution in [0.2, 0.25) is 0 Å². The average molecular weight is 321 g/mol. The highest BCUT2D eigenvalue weighted by atomic mass is 35.5. The van der Waals surface area contributed by atoms with Crippen molar-refractivity contribution in [2.75, 3.05) is 6.54 Å². The molecule has 0 radical (unpaired) electrons. The number of hydrogen-bond donors (Lipinski definition) is 2. The third kappa shape index (κ3) is 3.27. The molecule has 4 unspecified atom stereocenters. The van der Waals surface area contributed by atoms with Crippen LogP contribution in [0.1, 0.15) is 19.3 Å². The zero-order valence-electron chi connectivity index (χ0n) is 11.3. The van der Waals surface area contributed by atoms with Crippen LogP contribution in [0.15, 0.2) is 18.7 Å². The zero-order valence-corrected chi connectivity index (χ0v) is 12.9. The Morgan fingerprint density at radius 1 is 1.35 bits per heavy atom. The minimum atomic E-state index is 0. The molecule has 3 rings (SSSR count). The van der Waals surface area contributed by atoms with E-state index in [0.717, 1.165) is 13.0 Å². The molecule has 2 bridgehead atoms. The molecule has 0 aromatic carbocycles. The van der Waals surface area contributed by atoms with Gasteiger partial charge in [-0.25, -0.2) is 4.98 Å². The lowest BCUT2D eigenvalue weighted by Gasteiger charge is -2.27. The van der Waals surface area contributed by atoms with Gasteiger partial charge in [0.05, 0.1) is 12.2 Å². The molecule has 2 aliphatic carbocycles. The molecule has 5 nitrogen and oxygen atoms in total. The van der Waals surface area contributed by atoms with Gasteiger partial charge in [-0.05, 0) is 31.1 Å². The van der Waals surface area contributed by atoms with Gasteiger partial charge in [0.15, 0.2) is 0 Å². The maximum absolute atomic E-state index is 12.2. The van der Waals surface area contributed by atoms with Gasteiger partial charge < -0.3 is 15.6 Å². The van der Waals surface area contributed by atoms with Crippen LogP contribution in [0.5, 0.6) is 0 Å². The van der Waals surface area contributed by atoms with Gasteiger partial charge in [-0.2, -0.15) is 0 Å². The summed E-state index contributed by atoms with van der Waals surface area (Å²) in [5, 5.41) is 3.01. The molecule has 20 heavy (non-hydrogen) atoms. The molecule has 1 heterocycles. The van der Waals surface area contributed by atoms with Gasteiger partial charge in [0.25, 0.3) is 0 Å². The van der Waals surface area contributed by atoms with Gasteiger partial charge in [0.2, 0.25) is 5.91 Å². The fourth-order valence-electron chi connectivity index (χ4n) is 3.57. The van der Waals surface area contributed by atoms with Crippen LogP contribution < -0.4 is 11.1 Å². The lowest BCUT2D eigenvalue weighted by atomic mass is 9.84. The Morgan fingerprint density at radius 2 is 2.10 bits per heavy atom. The summed E-state index contributed by atoms with van der Waals surface area (Å²) >= 11 is 0. The van der Waals surface area contributed by atoms with Crippen LogP contribution >= 0.6 is 24.8 Å². The van der Waals surface area contributed by atoms with Gasteiger partial charge in [0, 0.05) is 31.5 Å². The molecule has 3 N–H and O–H groups in total. The number of carbonyl (C=O) groups is 1. The molecular weight excluding hydrogens is 299 g/mol. The number of nitrogens with zero attached hydrogens (tertiary/aromatic N) is 2. The number of halogens is 2. The Bertz CT molecular complexity index is 424. The van der Waals surface area contributed by atoms with E-state index in [1.54, 1.807) is 12.5 Å². The fourth-order valence-corrected chi connectivity index (χ4v) is 3.57. The van der Waals surface area contributed by atoms with Crippen molar-refractivity contribution >= 4 is 30.7 Å². The van der Waals surface area contributed by atoms with E-state index in [1.807, 2.05) is 10.8 Å². The molecule has 114 valence electrons. The molecule has 4 atom stereocenters. The first-order chi connectivity index (χ1) is 8.75. The summed E-state index contributed by atoms with van der Waals surface area (Å²) in [6, 6.07) is 0.0806. The quantitative estimate of drug-likeness (QED) is 0.876. The summed E-state index contributed by atoms with van der Waals surface area (Å²) in [5.74, 6) is 1.30. The Labute approximate surface area is 131 Å². The van der Waals surface area contributed by atoms with Crippen LogP contribution in [0, 0.1) is 17.8 Å². The van der Waals surface area contributed by atoms with Crippen LogP contribution in [-0.2, 0) is 11.3 Å². The van der Waals surface area contributed by atoms with Crippen molar-refractivity contribution in [3.05, 3.63) is 18.7 Å². The van der Waals surface area contributed by atoms with Gasteiger partial charge in [-0.1, -0.05) is 0 Å². The number of carbonyl (C=O) groups excluding carboxylic acids is 1. The van der Waals surface area contributed by atoms with Crippen molar-refractivity contribution in [1.29, 1.82) is 0 Å². The molecule has 7 heteroatoms. The number of nitrogens with one attached hydrogen (secondary N) is 1. The molecule has 1 amide bonds. The number of imidazole rings is 1. The number of amides is 1. The summed E-state index contributed by atoms with van der Waals surface area (Å²) in [6.07, 6.45) is 8.95. The lowest BCUT2D eigenvalue weighted by molar-refractivity contribution is -0.127. The Hall–Kier alpha value is -0.780. The molecule has 0 saturated heterocycles. The minimum absolute atomic E-state index is 0. The van der Waals surface area contributed by atoms with E-state index in [2.05, 4.69) is 10.3 Å². The molecule has 2 fully saturated rings. The number of rotatable bonds is 4. The highest BCUT2D eigenvalue weighted by Crippen LogP contribution is 2.47. The maximum Gasteiger partial charge on any atom is 0.225 e. The van der Waals surface area contributed by atoms with E-state index in [0.29, 0.717) is 18.4 Å². The first-order valence-corrected chi connectivity index (χ1v) is 6.75. The largest absolute Gasteiger partial charge is 0.354 e. The molecule has 1 aromatic heterocycles. The Balaban J connectivity index is 0.000001000. The summed E-state index contributed by atoms with van der Waals surface area (Å²) in [6.45, 7) is 1.41. The average Bonchev–Trinajstić information content (AvgIpc) is 3.03. The van der Waals surface area contributed by atoms with Gasteiger partial charge in [-0.15, -0.1) is 24.8 Å². The Kier molecular flexibility index (Phi) is 6.30. The van der Waals surface area contributed by atoms with Crippen molar-refractivity contribution in [2.45, 2.75) is 31.8 Å². The zero-order chi connectivity index (χ0) is 12.5. The second-order valence-corrected chi connectivity index (χ2v) is 5.53. The van der Waals surface area contributed by atoms with E-state index in [9.17, 15) is 4.79 Å². The molecule has 0 aliphatic heterocycles. The normalized spacial score (nSPS) is 30.4. The Morgan fingerprint density at radius 3 is 2.70 bits per heavy atom. The predicted molar refractivity (Wildman–Crippen MR) is 82.0 cm³/mol. The smallest absolute Gasteiger partial charge is 0.225 e. The standard InChI is InChI=1S/C13H20N4O.2ClH/c14-12-10-2-1-9(7-10)11(12)13(18)16-4-6-17-5-3-15-8-17;;/h3,5,8-12H,1-2,4,6-7,14H2,(H,16,18);2*1H. The van der Waals surface area contributed by atoms with Gasteiger partial charge >= 0.3 is 0 Å².